The molecule has 0 atom stereocenters. The first kappa shape index (κ1) is 12.0. The van der Waals surface area contributed by atoms with E-state index in [1.165, 1.54) is 12.3 Å². The molecular formula is C13H11FN2O2. The van der Waals surface area contributed by atoms with Gasteiger partial charge in [0, 0.05) is 11.8 Å². The SMILES string of the molecule is NC(=O)c1cccc(COc2cccnc2F)c1. The van der Waals surface area contributed by atoms with Crippen LogP contribution in [-0.2, 0) is 6.61 Å². The van der Waals surface area contributed by atoms with Gasteiger partial charge in [0.25, 0.3) is 5.95 Å². The quantitative estimate of drug-likeness (QED) is 0.838. The molecule has 0 aliphatic heterocycles. The van der Waals surface area contributed by atoms with E-state index >= 15 is 0 Å². The molecule has 1 aromatic heterocycles. The third-order valence-corrected chi connectivity index (χ3v) is 2.33. The summed E-state index contributed by atoms with van der Waals surface area (Å²) in [6, 6.07) is 9.74. The van der Waals surface area contributed by atoms with Crippen LogP contribution in [0.3, 0.4) is 0 Å². The minimum Gasteiger partial charge on any atom is -0.484 e. The Morgan fingerprint density at radius 2 is 2.17 bits per heavy atom. The lowest BCUT2D eigenvalue weighted by atomic mass is 10.1. The first-order chi connectivity index (χ1) is 8.66. The molecule has 0 saturated carbocycles. The van der Waals surface area contributed by atoms with E-state index in [-0.39, 0.29) is 12.4 Å². The number of ether oxygens (including phenoxy) is 1. The van der Waals surface area contributed by atoms with Gasteiger partial charge in [-0.05, 0) is 29.8 Å². The summed E-state index contributed by atoms with van der Waals surface area (Å²) in [6.07, 6.45) is 1.34. The summed E-state index contributed by atoms with van der Waals surface area (Å²) in [5, 5.41) is 0. The van der Waals surface area contributed by atoms with Crippen LogP contribution in [0, 0.1) is 5.95 Å². The number of benzene rings is 1. The zero-order chi connectivity index (χ0) is 13.0. The molecule has 5 heteroatoms. The number of nitrogens with zero attached hydrogens (tertiary/aromatic N) is 1. The summed E-state index contributed by atoms with van der Waals surface area (Å²) in [5.74, 6) is -1.10. The zero-order valence-electron chi connectivity index (χ0n) is 9.47. The number of nitrogens with two attached hydrogens (primary N) is 1. The molecule has 0 radical (unpaired) electrons. The number of aromatic nitrogens is 1. The lowest BCUT2D eigenvalue weighted by molar-refractivity contribution is 0.1000. The van der Waals surface area contributed by atoms with Gasteiger partial charge in [0.2, 0.25) is 5.91 Å². The van der Waals surface area contributed by atoms with Gasteiger partial charge in [0.1, 0.15) is 6.61 Å². The van der Waals surface area contributed by atoms with Gasteiger partial charge >= 0.3 is 0 Å². The van der Waals surface area contributed by atoms with Gasteiger partial charge < -0.3 is 10.5 Å². The van der Waals surface area contributed by atoms with Gasteiger partial charge in [-0.1, -0.05) is 12.1 Å². The predicted molar refractivity (Wildman–Crippen MR) is 63.5 cm³/mol. The van der Waals surface area contributed by atoms with Crippen LogP contribution in [0.1, 0.15) is 15.9 Å². The van der Waals surface area contributed by atoms with E-state index in [1.54, 1.807) is 30.3 Å². The van der Waals surface area contributed by atoms with Crippen LogP contribution in [0.2, 0.25) is 0 Å². The maximum absolute atomic E-state index is 13.2. The minimum absolute atomic E-state index is 0.0713. The third-order valence-electron chi connectivity index (χ3n) is 2.33. The summed E-state index contributed by atoms with van der Waals surface area (Å²) in [6.45, 7) is 0.143. The van der Waals surface area contributed by atoms with Crippen molar-refractivity contribution in [3.05, 3.63) is 59.7 Å². The van der Waals surface area contributed by atoms with E-state index in [0.717, 1.165) is 5.56 Å². The number of amides is 1. The zero-order valence-corrected chi connectivity index (χ0v) is 9.47. The van der Waals surface area contributed by atoms with Gasteiger partial charge in [-0.15, -0.1) is 0 Å². The van der Waals surface area contributed by atoms with Crippen molar-refractivity contribution in [1.82, 2.24) is 4.98 Å². The summed E-state index contributed by atoms with van der Waals surface area (Å²) >= 11 is 0. The summed E-state index contributed by atoms with van der Waals surface area (Å²) < 4.78 is 18.5. The van der Waals surface area contributed by atoms with Crippen molar-refractivity contribution in [2.75, 3.05) is 0 Å². The van der Waals surface area contributed by atoms with E-state index in [9.17, 15) is 9.18 Å². The molecule has 1 heterocycles. The molecule has 0 saturated heterocycles. The van der Waals surface area contributed by atoms with E-state index < -0.39 is 11.9 Å². The van der Waals surface area contributed by atoms with Crippen molar-refractivity contribution in [2.24, 2.45) is 5.73 Å². The number of hydrogen-bond donors (Lipinski definition) is 1. The number of pyridine rings is 1. The lowest BCUT2D eigenvalue weighted by Gasteiger charge is -2.07. The molecule has 4 nitrogen and oxygen atoms in total. The molecular weight excluding hydrogens is 235 g/mol. The van der Waals surface area contributed by atoms with Crippen LogP contribution in [0.4, 0.5) is 4.39 Å². The summed E-state index contributed by atoms with van der Waals surface area (Å²) in [5.41, 5.74) is 6.29. The molecule has 0 spiro atoms. The summed E-state index contributed by atoms with van der Waals surface area (Å²) in [4.78, 5) is 14.5. The van der Waals surface area contributed by atoms with Crippen molar-refractivity contribution in [3.63, 3.8) is 0 Å². The highest BCUT2D eigenvalue weighted by atomic mass is 19.1. The van der Waals surface area contributed by atoms with Gasteiger partial charge in [-0.2, -0.15) is 4.39 Å². The average Bonchev–Trinajstić information content (AvgIpc) is 2.38. The van der Waals surface area contributed by atoms with Crippen LogP contribution in [0.25, 0.3) is 0 Å². The Morgan fingerprint density at radius 3 is 2.89 bits per heavy atom. The van der Waals surface area contributed by atoms with Crippen molar-refractivity contribution in [1.29, 1.82) is 0 Å². The molecule has 92 valence electrons. The molecule has 2 N–H and O–H groups in total. The van der Waals surface area contributed by atoms with Gasteiger partial charge in [0.15, 0.2) is 5.75 Å². The highest BCUT2D eigenvalue weighted by Crippen LogP contribution is 2.15. The Kier molecular flexibility index (Phi) is 3.52. The first-order valence-electron chi connectivity index (χ1n) is 5.29. The maximum Gasteiger partial charge on any atom is 0.255 e. The van der Waals surface area contributed by atoms with Crippen LogP contribution >= 0.6 is 0 Å². The maximum atomic E-state index is 13.2. The van der Waals surface area contributed by atoms with E-state index in [2.05, 4.69) is 4.98 Å². The molecule has 0 fully saturated rings. The van der Waals surface area contributed by atoms with Crippen molar-refractivity contribution < 1.29 is 13.9 Å². The van der Waals surface area contributed by atoms with Crippen molar-refractivity contribution in [3.8, 4) is 5.75 Å². The molecule has 0 unspecified atom stereocenters. The fourth-order valence-electron chi connectivity index (χ4n) is 1.45. The third kappa shape index (κ3) is 2.82. The topological polar surface area (TPSA) is 65.2 Å². The average molecular weight is 246 g/mol. The standard InChI is InChI=1S/C13H11FN2O2/c14-12-11(5-2-6-16-12)18-8-9-3-1-4-10(7-9)13(15)17/h1-7H,8H2,(H2,15,17). The second kappa shape index (κ2) is 5.27. The second-order valence-electron chi connectivity index (χ2n) is 3.65. The fourth-order valence-corrected chi connectivity index (χ4v) is 1.45. The number of primary amides is 1. The molecule has 1 amide bonds. The molecule has 0 bridgehead atoms. The Labute approximate surface area is 103 Å². The Balaban J connectivity index is 2.09. The second-order valence-corrected chi connectivity index (χ2v) is 3.65. The number of carbonyl (C=O) groups excluding carboxylic acids is 1. The molecule has 18 heavy (non-hydrogen) atoms. The van der Waals surface area contributed by atoms with Gasteiger partial charge in [-0.25, -0.2) is 4.98 Å². The van der Waals surface area contributed by atoms with E-state index in [0.29, 0.717) is 5.56 Å². The minimum atomic E-state index is -0.663. The van der Waals surface area contributed by atoms with Gasteiger partial charge in [-0.3, -0.25) is 4.79 Å². The Bertz CT molecular complexity index is 572. The number of carbonyl (C=O) groups is 1. The van der Waals surface area contributed by atoms with E-state index in [1.807, 2.05) is 0 Å². The molecule has 0 aliphatic carbocycles. The number of rotatable bonds is 4. The van der Waals surface area contributed by atoms with Crippen molar-refractivity contribution in [2.45, 2.75) is 6.61 Å². The van der Waals surface area contributed by atoms with E-state index in [4.69, 9.17) is 10.5 Å². The lowest BCUT2D eigenvalue weighted by Crippen LogP contribution is -2.11. The largest absolute Gasteiger partial charge is 0.484 e. The first-order valence-corrected chi connectivity index (χ1v) is 5.29. The highest BCUT2D eigenvalue weighted by molar-refractivity contribution is 5.92. The molecule has 2 aromatic rings. The van der Waals surface area contributed by atoms with Crippen molar-refractivity contribution >= 4 is 5.91 Å². The molecule has 2 rings (SSSR count). The van der Waals surface area contributed by atoms with Crippen LogP contribution in [-0.4, -0.2) is 10.9 Å². The van der Waals surface area contributed by atoms with Crippen LogP contribution in [0.5, 0.6) is 5.75 Å². The summed E-state index contributed by atoms with van der Waals surface area (Å²) in [7, 11) is 0. The monoisotopic (exact) mass is 246 g/mol. The highest BCUT2D eigenvalue weighted by Gasteiger charge is 2.05. The Hall–Kier alpha value is -2.43. The molecule has 0 aliphatic rings. The fraction of sp³-hybridized carbons (Fsp3) is 0.0769. The predicted octanol–water partition coefficient (Wildman–Crippen LogP) is 1.90. The van der Waals surface area contributed by atoms with Crippen LogP contribution in [0.15, 0.2) is 42.6 Å². The number of halogens is 1. The number of hydrogen-bond acceptors (Lipinski definition) is 3. The normalized spacial score (nSPS) is 10.1. The Morgan fingerprint density at radius 1 is 1.33 bits per heavy atom. The smallest absolute Gasteiger partial charge is 0.255 e. The van der Waals surface area contributed by atoms with Gasteiger partial charge in [0.05, 0.1) is 0 Å². The molecule has 1 aromatic carbocycles. The van der Waals surface area contributed by atoms with Crippen LogP contribution < -0.4 is 10.5 Å².